The van der Waals surface area contributed by atoms with Gasteiger partial charge in [-0.15, -0.1) is 0 Å². The largest absolute Gasteiger partial charge is 0.489 e. The first-order valence-corrected chi connectivity index (χ1v) is 6.05. The molecule has 0 radical (unpaired) electrons. The maximum atomic E-state index is 13.3. The Morgan fingerprint density at radius 3 is 2.50 bits per heavy atom. The van der Waals surface area contributed by atoms with Crippen LogP contribution < -0.4 is 9.88 Å². The Labute approximate surface area is 92.1 Å². The molecule has 0 fully saturated rings. The lowest BCUT2D eigenvalue weighted by molar-refractivity contribution is 0.291. The second-order valence-corrected chi connectivity index (χ2v) is 4.64. The highest BCUT2D eigenvalue weighted by molar-refractivity contribution is 7.89. The number of nitrogens with two attached hydrogens (primary N) is 1. The van der Waals surface area contributed by atoms with Gasteiger partial charge in [-0.25, -0.2) is 22.3 Å². The van der Waals surface area contributed by atoms with Crippen LogP contribution in [-0.4, -0.2) is 15.0 Å². The molecule has 0 saturated heterocycles. The highest BCUT2D eigenvalue weighted by Crippen LogP contribution is 2.27. The minimum Gasteiger partial charge on any atom is -0.489 e. The molecule has 1 aromatic carbocycles. The molecule has 0 atom stereocenters. The number of rotatable bonds is 4. The van der Waals surface area contributed by atoms with Crippen LogP contribution in [0.15, 0.2) is 17.0 Å². The van der Waals surface area contributed by atoms with Crippen molar-refractivity contribution in [3.63, 3.8) is 0 Å². The van der Waals surface area contributed by atoms with E-state index in [9.17, 15) is 17.2 Å². The van der Waals surface area contributed by atoms with Crippen LogP contribution in [0.25, 0.3) is 0 Å². The van der Waals surface area contributed by atoms with Crippen molar-refractivity contribution in [2.75, 3.05) is 6.61 Å². The third-order valence-electron chi connectivity index (χ3n) is 1.73. The van der Waals surface area contributed by atoms with E-state index < -0.39 is 32.3 Å². The SMILES string of the molecule is CCCOc1c(F)cc(F)cc1S(N)(=O)=O. The van der Waals surface area contributed by atoms with Crippen LogP contribution in [0.3, 0.4) is 0 Å². The molecule has 1 aromatic rings. The minimum absolute atomic E-state index is 0.116. The van der Waals surface area contributed by atoms with Gasteiger partial charge in [0.15, 0.2) is 11.6 Å². The van der Waals surface area contributed by atoms with E-state index in [-0.39, 0.29) is 6.61 Å². The summed E-state index contributed by atoms with van der Waals surface area (Å²) in [7, 11) is -4.21. The molecule has 0 bridgehead atoms. The summed E-state index contributed by atoms with van der Waals surface area (Å²) in [5.74, 6) is -2.64. The molecule has 0 aliphatic rings. The Hall–Kier alpha value is -1.21. The van der Waals surface area contributed by atoms with Crippen molar-refractivity contribution in [1.29, 1.82) is 0 Å². The maximum absolute atomic E-state index is 13.3. The first kappa shape index (κ1) is 12.9. The van der Waals surface area contributed by atoms with E-state index in [4.69, 9.17) is 9.88 Å². The van der Waals surface area contributed by atoms with Gasteiger partial charge in [0.1, 0.15) is 10.7 Å². The second-order valence-electron chi connectivity index (χ2n) is 3.11. The van der Waals surface area contributed by atoms with Gasteiger partial charge >= 0.3 is 0 Å². The van der Waals surface area contributed by atoms with Crippen LogP contribution in [0.2, 0.25) is 0 Å². The van der Waals surface area contributed by atoms with E-state index in [0.717, 1.165) is 0 Å². The van der Waals surface area contributed by atoms with E-state index in [1.54, 1.807) is 6.92 Å². The van der Waals surface area contributed by atoms with Crippen LogP contribution in [-0.2, 0) is 10.0 Å². The molecule has 0 saturated carbocycles. The molecule has 2 N–H and O–H groups in total. The zero-order valence-electron chi connectivity index (χ0n) is 8.54. The number of hydrogen-bond donors (Lipinski definition) is 1. The van der Waals surface area contributed by atoms with Crippen LogP contribution in [0.4, 0.5) is 8.78 Å². The minimum atomic E-state index is -4.21. The van der Waals surface area contributed by atoms with Gasteiger partial charge in [0.05, 0.1) is 6.61 Å². The molecule has 0 amide bonds. The van der Waals surface area contributed by atoms with Crippen molar-refractivity contribution in [1.82, 2.24) is 0 Å². The van der Waals surface area contributed by atoms with E-state index >= 15 is 0 Å². The molecule has 0 aliphatic heterocycles. The van der Waals surface area contributed by atoms with Gasteiger partial charge < -0.3 is 4.74 Å². The van der Waals surface area contributed by atoms with Crippen LogP contribution in [0, 0.1) is 11.6 Å². The summed E-state index contributed by atoms with van der Waals surface area (Å²) in [4.78, 5) is -0.682. The summed E-state index contributed by atoms with van der Waals surface area (Å²) >= 11 is 0. The molecule has 0 unspecified atom stereocenters. The summed E-state index contributed by atoms with van der Waals surface area (Å²) in [6.45, 7) is 1.88. The lowest BCUT2D eigenvalue weighted by Gasteiger charge is -2.10. The molecular formula is C9H11F2NO3S. The number of primary sulfonamides is 1. The third kappa shape index (κ3) is 2.89. The van der Waals surface area contributed by atoms with Crippen molar-refractivity contribution in [3.05, 3.63) is 23.8 Å². The molecule has 0 aromatic heterocycles. The first-order chi connectivity index (χ1) is 7.36. The monoisotopic (exact) mass is 251 g/mol. The van der Waals surface area contributed by atoms with Crippen molar-refractivity contribution in [2.24, 2.45) is 5.14 Å². The fourth-order valence-corrected chi connectivity index (χ4v) is 1.78. The molecule has 0 heterocycles. The maximum Gasteiger partial charge on any atom is 0.241 e. The average molecular weight is 251 g/mol. The summed E-state index contributed by atoms with van der Waals surface area (Å²) in [5, 5.41) is 4.83. The van der Waals surface area contributed by atoms with E-state index in [1.807, 2.05) is 0 Å². The summed E-state index contributed by atoms with van der Waals surface area (Å²) in [6, 6.07) is 1.17. The number of hydrogen-bond acceptors (Lipinski definition) is 3. The predicted octanol–water partition coefficient (Wildman–Crippen LogP) is 1.40. The predicted molar refractivity (Wildman–Crippen MR) is 53.5 cm³/mol. The molecule has 90 valence electrons. The second kappa shape index (κ2) is 4.75. The number of halogens is 2. The standard InChI is InChI=1S/C9H11F2NO3S/c1-2-3-15-9-7(11)4-6(10)5-8(9)16(12,13)14/h4-5H,2-3H2,1H3,(H2,12,13,14). The van der Waals surface area contributed by atoms with Gasteiger partial charge in [-0.1, -0.05) is 6.92 Å². The van der Waals surface area contributed by atoms with E-state index in [1.165, 1.54) is 0 Å². The van der Waals surface area contributed by atoms with Crippen LogP contribution in [0.5, 0.6) is 5.75 Å². The number of benzene rings is 1. The van der Waals surface area contributed by atoms with Gasteiger partial charge in [0, 0.05) is 6.07 Å². The van der Waals surface area contributed by atoms with Crippen molar-refractivity contribution in [2.45, 2.75) is 18.2 Å². The Balaban J connectivity index is 3.33. The summed E-state index contributed by atoms with van der Waals surface area (Å²) in [5.41, 5.74) is 0. The Bertz CT molecular complexity index is 488. The van der Waals surface area contributed by atoms with Gasteiger partial charge in [-0.3, -0.25) is 0 Å². The third-order valence-corrected chi connectivity index (χ3v) is 2.65. The number of sulfonamides is 1. The van der Waals surface area contributed by atoms with Crippen molar-refractivity contribution >= 4 is 10.0 Å². The molecule has 0 spiro atoms. The lowest BCUT2D eigenvalue weighted by Crippen LogP contribution is -2.15. The molecule has 1 rings (SSSR count). The quantitative estimate of drug-likeness (QED) is 0.879. The van der Waals surface area contributed by atoms with E-state index in [0.29, 0.717) is 18.6 Å². The lowest BCUT2D eigenvalue weighted by atomic mass is 10.3. The van der Waals surface area contributed by atoms with Crippen LogP contribution >= 0.6 is 0 Å². The average Bonchev–Trinajstić information content (AvgIpc) is 2.14. The smallest absolute Gasteiger partial charge is 0.241 e. The van der Waals surface area contributed by atoms with Crippen molar-refractivity contribution in [3.8, 4) is 5.75 Å². The Kier molecular flexibility index (Phi) is 3.82. The first-order valence-electron chi connectivity index (χ1n) is 4.51. The zero-order valence-corrected chi connectivity index (χ0v) is 9.35. The van der Waals surface area contributed by atoms with Crippen molar-refractivity contribution < 1.29 is 21.9 Å². The Morgan fingerprint density at radius 2 is 2.00 bits per heavy atom. The Morgan fingerprint density at radius 1 is 1.38 bits per heavy atom. The fraction of sp³-hybridized carbons (Fsp3) is 0.333. The van der Waals surface area contributed by atoms with Crippen LogP contribution in [0.1, 0.15) is 13.3 Å². The van der Waals surface area contributed by atoms with Gasteiger partial charge in [-0.05, 0) is 12.5 Å². The number of ether oxygens (including phenoxy) is 1. The zero-order chi connectivity index (χ0) is 12.3. The van der Waals surface area contributed by atoms with Gasteiger partial charge in [-0.2, -0.15) is 0 Å². The molecule has 4 nitrogen and oxygen atoms in total. The van der Waals surface area contributed by atoms with Gasteiger partial charge in [0.25, 0.3) is 0 Å². The normalized spacial score (nSPS) is 11.5. The molecule has 16 heavy (non-hydrogen) atoms. The summed E-state index contributed by atoms with van der Waals surface area (Å²) < 4.78 is 53.2. The molecule has 7 heteroatoms. The molecular weight excluding hydrogens is 240 g/mol. The fourth-order valence-electron chi connectivity index (χ4n) is 1.09. The highest BCUT2D eigenvalue weighted by Gasteiger charge is 2.20. The van der Waals surface area contributed by atoms with Gasteiger partial charge in [0.2, 0.25) is 10.0 Å². The highest BCUT2D eigenvalue weighted by atomic mass is 32.2. The molecule has 0 aliphatic carbocycles. The van der Waals surface area contributed by atoms with E-state index in [2.05, 4.69) is 0 Å². The topological polar surface area (TPSA) is 69.4 Å². The summed E-state index contributed by atoms with van der Waals surface area (Å²) in [6.07, 6.45) is 0.556.